The van der Waals surface area contributed by atoms with Crippen molar-refractivity contribution >= 4 is 33.1 Å². The fraction of sp³-hybridized carbons (Fsp3) is 0.300. The summed E-state index contributed by atoms with van der Waals surface area (Å²) in [4.78, 5) is 1.29. The molecule has 5 heteroatoms. The molecule has 2 heterocycles. The van der Waals surface area contributed by atoms with Crippen LogP contribution in [0.3, 0.4) is 0 Å². The van der Waals surface area contributed by atoms with Crippen LogP contribution in [0.15, 0.2) is 28.2 Å². The average Bonchev–Trinajstić information content (AvgIpc) is 2.84. The standard InChI is InChI=1S/C10H12BrN3S/c1-2-8(9-4-3-5-15-9)14-10(12)7(11)6-13-14/h3-6,8H,2,12H2,1H3. The Hall–Kier alpha value is -0.810. The number of nitrogens with zero attached hydrogens (tertiary/aromatic N) is 2. The van der Waals surface area contributed by atoms with Crippen molar-refractivity contribution in [1.29, 1.82) is 0 Å². The van der Waals surface area contributed by atoms with Crippen molar-refractivity contribution in [2.45, 2.75) is 19.4 Å². The van der Waals surface area contributed by atoms with Gasteiger partial charge in [-0.1, -0.05) is 13.0 Å². The van der Waals surface area contributed by atoms with Gasteiger partial charge in [-0.05, 0) is 33.8 Å². The van der Waals surface area contributed by atoms with E-state index < -0.39 is 0 Å². The zero-order valence-corrected chi connectivity index (χ0v) is 10.8. The molecule has 0 aromatic carbocycles. The van der Waals surface area contributed by atoms with Crippen molar-refractivity contribution in [1.82, 2.24) is 9.78 Å². The van der Waals surface area contributed by atoms with E-state index in [0.29, 0.717) is 5.82 Å². The number of hydrogen-bond acceptors (Lipinski definition) is 3. The highest BCUT2D eigenvalue weighted by molar-refractivity contribution is 9.10. The van der Waals surface area contributed by atoms with Crippen LogP contribution in [-0.4, -0.2) is 9.78 Å². The van der Waals surface area contributed by atoms with E-state index in [1.165, 1.54) is 4.88 Å². The monoisotopic (exact) mass is 285 g/mol. The van der Waals surface area contributed by atoms with Crippen LogP contribution in [0.5, 0.6) is 0 Å². The predicted molar refractivity (Wildman–Crippen MR) is 67.1 cm³/mol. The summed E-state index contributed by atoms with van der Waals surface area (Å²) < 4.78 is 2.73. The number of rotatable bonds is 3. The molecular formula is C10H12BrN3S. The van der Waals surface area contributed by atoms with Crippen molar-refractivity contribution in [3.8, 4) is 0 Å². The van der Waals surface area contributed by atoms with E-state index in [1.54, 1.807) is 17.5 Å². The summed E-state index contributed by atoms with van der Waals surface area (Å²) in [5.41, 5.74) is 5.94. The summed E-state index contributed by atoms with van der Waals surface area (Å²) in [5.74, 6) is 0.690. The Kier molecular flexibility index (Phi) is 3.11. The molecule has 15 heavy (non-hydrogen) atoms. The Morgan fingerprint density at radius 3 is 2.93 bits per heavy atom. The third-order valence-corrected chi connectivity index (χ3v) is 3.93. The summed E-state index contributed by atoms with van der Waals surface area (Å²) in [5, 5.41) is 6.37. The number of halogens is 1. The van der Waals surface area contributed by atoms with Gasteiger partial charge in [0, 0.05) is 4.88 Å². The Bertz CT molecular complexity index is 435. The molecule has 0 fully saturated rings. The molecule has 0 amide bonds. The predicted octanol–water partition coefficient (Wildman–Crippen LogP) is 3.29. The van der Waals surface area contributed by atoms with Crippen LogP contribution in [0.1, 0.15) is 24.3 Å². The highest BCUT2D eigenvalue weighted by Crippen LogP contribution is 2.30. The Morgan fingerprint density at radius 1 is 1.67 bits per heavy atom. The third-order valence-electron chi connectivity index (χ3n) is 2.34. The molecule has 0 saturated heterocycles. The van der Waals surface area contributed by atoms with E-state index in [-0.39, 0.29) is 6.04 Å². The minimum absolute atomic E-state index is 0.247. The maximum absolute atomic E-state index is 5.94. The van der Waals surface area contributed by atoms with Gasteiger partial charge in [0.05, 0.1) is 16.7 Å². The Balaban J connectivity index is 2.40. The fourth-order valence-electron chi connectivity index (χ4n) is 1.57. The average molecular weight is 286 g/mol. The number of nitrogens with two attached hydrogens (primary N) is 1. The Labute approximate surface area is 101 Å². The van der Waals surface area contributed by atoms with E-state index in [9.17, 15) is 0 Å². The second-order valence-corrected chi connectivity index (χ2v) is 5.10. The summed E-state index contributed by atoms with van der Waals surface area (Å²) in [6.07, 6.45) is 2.73. The number of nitrogen functional groups attached to an aromatic ring is 1. The largest absolute Gasteiger partial charge is 0.383 e. The molecule has 2 N–H and O–H groups in total. The molecule has 2 aromatic heterocycles. The molecule has 0 aliphatic heterocycles. The zero-order valence-electron chi connectivity index (χ0n) is 8.35. The SMILES string of the molecule is CCC(c1cccs1)n1ncc(Br)c1N. The van der Waals surface area contributed by atoms with Crippen molar-refractivity contribution < 1.29 is 0 Å². The lowest BCUT2D eigenvalue weighted by Crippen LogP contribution is -2.12. The molecule has 1 unspecified atom stereocenters. The summed E-state index contributed by atoms with van der Waals surface area (Å²) >= 11 is 5.11. The fourth-order valence-corrected chi connectivity index (χ4v) is 2.74. The van der Waals surface area contributed by atoms with Crippen molar-refractivity contribution in [3.63, 3.8) is 0 Å². The first kappa shape index (κ1) is 10.7. The van der Waals surface area contributed by atoms with Gasteiger partial charge in [0.1, 0.15) is 5.82 Å². The quantitative estimate of drug-likeness (QED) is 0.941. The van der Waals surface area contributed by atoms with Crippen LogP contribution in [0, 0.1) is 0 Å². The Morgan fingerprint density at radius 2 is 2.47 bits per heavy atom. The van der Waals surface area contributed by atoms with E-state index in [2.05, 4.69) is 45.5 Å². The van der Waals surface area contributed by atoms with Crippen LogP contribution in [0.4, 0.5) is 5.82 Å². The second kappa shape index (κ2) is 4.37. The summed E-state index contributed by atoms with van der Waals surface area (Å²) in [7, 11) is 0. The molecule has 80 valence electrons. The molecule has 0 aliphatic rings. The van der Waals surface area contributed by atoms with Gasteiger partial charge in [-0.25, -0.2) is 4.68 Å². The van der Waals surface area contributed by atoms with Crippen LogP contribution in [-0.2, 0) is 0 Å². The molecule has 0 bridgehead atoms. The van der Waals surface area contributed by atoms with Crippen molar-refractivity contribution in [2.24, 2.45) is 0 Å². The maximum atomic E-state index is 5.94. The minimum atomic E-state index is 0.247. The molecule has 0 saturated carbocycles. The second-order valence-electron chi connectivity index (χ2n) is 3.26. The highest BCUT2D eigenvalue weighted by Gasteiger charge is 2.16. The maximum Gasteiger partial charge on any atom is 0.136 e. The van der Waals surface area contributed by atoms with E-state index in [1.807, 2.05) is 4.68 Å². The summed E-state index contributed by atoms with van der Waals surface area (Å²) in [6.45, 7) is 2.14. The van der Waals surface area contributed by atoms with Gasteiger partial charge >= 0.3 is 0 Å². The van der Waals surface area contributed by atoms with E-state index in [0.717, 1.165) is 10.9 Å². The summed E-state index contributed by atoms with van der Waals surface area (Å²) in [6, 6.07) is 4.42. The van der Waals surface area contributed by atoms with Crippen molar-refractivity contribution in [3.05, 3.63) is 33.1 Å². The molecule has 2 aromatic rings. The highest BCUT2D eigenvalue weighted by atomic mass is 79.9. The molecule has 2 rings (SSSR count). The van der Waals surface area contributed by atoms with Crippen molar-refractivity contribution in [2.75, 3.05) is 5.73 Å². The van der Waals surface area contributed by atoms with Gasteiger partial charge in [-0.2, -0.15) is 5.10 Å². The van der Waals surface area contributed by atoms with Gasteiger partial charge in [0.15, 0.2) is 0 Å². The number of anilines is 1. The van der Waals surface area contributed by atoms with Crippen LogP contribution >= 0.6 is 27.3 Å². The van der Waals surface area contributed by atoms with E-state index >= 15 is 0 Å². The first-order valence-electron chi connectivity index (χ1n) is 4.76. The van der Waals surface area contributed by atoms with Crippen LogP contribution < -0.4 is 5.73 Å². The molecule has 1 atom stereocenters. The topological polar surface area (TPSA) is 43.8 Å². The number of thiophene rings is 1. The third kappa shape index (κ3) is 1.94. The van der Waals surface area contributed by atoms with Gasteiger partial charge in [0.2, 0.25) is 0 Å². The van der Waals surface area contributed by atoms with Gasteiger partial charge in [-0.15, -0.1) is 11.3 Å². The molecule has 0 spiro atoms. The molecule has 0 radical (unpaired) electrons. The molecule has 0 aliphatic carbocycles. The molecular weight excluding hydrogens is 274 g/mol. The number of hydrogen-bond donors (Lipinski definition) is 1. The van der Waals surface area contributed by atoms with Gasteiger partial charge < -0.3 is 5.73 Å². The lowest BCUT2D eigenvalue weighted by molar-refractivity contribution is 0.524. The first-order valence-corrected chi connectivity index (χ1v) is 6.43. The lowest BCUT2D eigenvalue weighted by Gasteiger charge is -2.15. The number of aromatic nitrogens is 2. The van der Waals surface area contributed by atoms with Gasteiger partial charge in [0.25, 0.3) is 0 Å². The van der Waals surface area contributed by atoms with Gasteiger partial charge in [-0.3, -0.25) is 0 Å². The smallest absolute Gasteiger partial charge is 0.136 e. The van der Waals surface area contributed by atoms with Crippen LogP contribution in [0.2, 0.25) is 0 Å². The normalized spacial score (nSPS) is 12.9. The lowest BCUT2D eigenvalue weighted by atomic mass is 10.2. The zero-order chi connectivity index (χ0) is 10.8. The van der Waals surface area contributed by atoms with Crippen LogP contribution in [0.25, 0.3) is 0 Å². The minimum Gasteiger partial charge on any atom is -0.383 e. The first-order chi connectivity index (χ1) is 7.24. The van der Waals surface area contributed by atoms with E-state index in [4.69, 9.17) is 5.73 Å². The molecule has 3 nitrogen and oxygen atoms in total.